The minimum absolute atomic E-state index is 0. The molecule has 0 aliphatic carbocycles. The number of hydrogen-bond donors (Lipinski definition) is 1. The van der Waals surface area contributed by atoms with E-state index in [2.05, 4.69) is 28.1 Å². The number of piperazine rings is 1. The van der Waals surface area contributed by atoms with E-state index in [1.54, 1.807) is 21.3 Å². The highest BCUT2D eigenvalue weighted by Crippen LogP contribution is 2.38. The molecule has 33 heavy (non-hydrogen) atoms. The molecule has 0 aromatic heterocycles. The molecule has 3 rings (SSSR count). The highest BCUT2D eigenvalue weighted by molar-refractivity contribution is 14.0. The maximum atomic E-state index is 5.50. The summed E-state index contributed by atoms with van der Waals surface area (Å²) in [6, 6.07) is 4.06. The van der Waals surface area contributed by atoms with Gasteiger partial charge >= 0.3 is 0 Å². The third kappa shape index (κ3) is 7.92. The number of guanidine groups is 1. The first-order valence-corrected chi connectivity index (χ1v) is 11.5. The molecule has 1 N–H and O–H groups in total. The third-order valence-corrected chi connectivity index (χ3v) is 5.89. The lowest BCUT2D eigenvalue weighted by atomic mass is 10.1. The molecule has 0 atom stereocenters. The summed E-state index contributed by atoms with van der Waals surface area (Å²) >= 11 is 0. The van der Waals surface area contributed by atoms with Crippen LogP contribution in [0.5, 0.6) is 17.2 Å². The quantitative estimate of drug-likeness (QED) is 0.211. The maximum absolute atomic E-state index is 5.50. The number of nitrogens with zero attached hydrogens (tertiary/aromatic N) is 3. The van der Waals surface area contributed by atoms with Crippen LogP contribution in [-0.2, 0) is 11.3 Å². The summed E-state index contributed by atoms with van der Waals surface area (Å²) in [6.45, 7) is 10.1. The van der Waals surface area contributed by atoms with Gasteiger partial charge in [0.05, 0.1) is 34.5 Å². The van der Waals surface area contributed by atoms with Gasteiger partial charge in [-0.1, -0.05) is 11.6 Å². The summed E-state index contributed by atoms with van der Waals surface area (Å²) in [7, 11) is 4.93. The summed E-state index contributed by atoms with van der Waals surface area (Å²) in [5.74, 6) is 3.04. The lowest BCUT2D eigenvalue weighted by molar-refractivity contribution is 0.153. The number of methoxy groups -OCH3 is 3. The van der Waals surface area contributed by atoms with Crippen LogP contribution >= 0.6 is 24.0 Å². The Labute approximate surface area is 215 Å². The monoisotopic (exact) mass is 574 g/mol. The Morgan fingerprint density at radius 1 is 1.06 bits per heavy atom. The first-order chi connectivity index (χ1) is 15.7. The average molecular weight is 575 g/mol. The second kappa shape index (κ2) is 14.5. The van der Waals surface area contributed by atoms with E-state index in [1.807, 2.05) is 12.1 Å². The Morgan fingerprint density at radius 2 is 1.76 bits per heavy atom. The van der Waals surface area contributed by atoms with Gasteiger partial charge in [-0.2, -0.15) is 0 Å². The predicted molar refractivity (Wildman–Crippen MR) is 142 cm³/mol. The van der Waals surface area contributed by atoms with E-state index < -0.39 is 0 Å². The van der Waals surface area contributed by atoms with Crippen LogP contribution in [0, 0.1) is 0 Å². The molecule has 0 saturated carbocycles. The fourth-order valence-electron chi connectivity index (χ4n) is 4.13. The Kier molecular flexibility index (Phi) is 12.1. The average Bonchev–Trinajstić information content (AvgIpc) is 2.84. The Balaban J connectivity index is 0.00000385. The molecule has 0 radical (unpaired) electrons. The van der Waals surface area contributed by atoms with E-state index >= 15 is 0 Å². The summed E-state index contributed by atoms with van der Waals surface area (Å²) in [5.41, 5.74) is 2.62. The highest BCUT2D eigenvalue weighted by atomic mass is 127. The zero-order chi connectivity index (χ0) is 22.8. The van der Waals surface area contributed by atoms with E-state index in [9.17, 15) is 0 Å². The van der Waals surface area contributed by atoms with E-state index in [0.717, 1.165) is 83.4 Å². The van der Waals surface area contributed by atoms with Gasteiger partial charge < -0.3 is 29.2 Å². The standard InChI is InChI=1S/C24H38N4O4.HI/c1-5-25-24(26-9-6-19-7-14-32-15-8-19)28-12-10-27(11-13-28)18-20-16-21(29-2)23(31-4)22(17-20)30-3;/h7,16-17H,5-6,8-15,18H2,1-4H3,(H,25,26);1H. The molecule has 0 amide bonds. The predicted octanol–water partition coefficient (Wildman–Crippen LogP) is 3.15. The number of rotatable bonds is 9. The van der Waals surface area contributed by atoms with Crippen molar-refractivity contribution in [2.45, 2.75) is 26.3 Å². The van der Waals surface area contributed by atoms with Gasteiger partial charge in [0.2, 0.25) is 5.75 Å². The van der Waals surface area contributed by atoms with Crippen molar-refractivity contribution >= 4 is 29.9 Å². The van der Waals surface area contributed by atoms with Crippen LogP contribution in [0.4, 0.5) is 0 Å². The van der Waals surface area contributed by atoms with E-state index in [-0.39, 0.29) is 24.0 Å². The molecule has 2 aliphatic heterocycles. The fraction of sp³-hybridized carbons (Fsp3) is 0.625. The van der Waals surface area contributed by atoms with Crippen LogP contribution in [0.1, 0.15) is 25.3 Å². The first-order valence-electron chi connectivity index (χ1n) is 11.5. The largest absolute Gasteiger partial charge is 0.493 e. The van der Waals surface area contributed by atoms with Gasteiger partial charge in [0.1, 0.15) is 0 Å². The second-order valence-electron chi connectivity index (χ2n) is 7.97. The molecule has 1 fully saturated rings. The number of halogens is 1. The van der Waals surface area contributed by atoms with Gasteiger partial charge in [0.25, 0.3) is 0 Å². The zero-order valence-corrected chi connectivity index (χ0v) is 22.7. The summed E-state index contributed by atoms with van der Waals surface area (Å²) < 4.78 is 21.8. The molecular weight excluding hydrogens is 535 g/mol. The molecule has 186 valence electrons. The smallest absolute Gasteiger partial charge is 0.203 e. The molecule has 0 spiro atoms. The molecule has 1 aromatic carbocycles. The van der Waals surface area contributed by atoms with Crippen molar-refractivity contribution in [2.75, 3.05) is 73.8 Å². The maximum Gasteiger partial charge on any atom is 0.203 e. The molecule has 2 heterocycles. The molecule has 2 aliphatic rings. The number of ether oxygens (including phenoxy) is 4. The van der Waals surface area contributed by atoms with Crippen molar-refractivity contribution < 1.29 is 18.9 Å². The van der Waals surface area contributed by atoms with Crippen molar-refractivity contribution in [3.05, 3.63) is 29.3 Å². The van der Waals surface area contributed by atoms with Crippen LogP contribution in [0.3, 0.4) is 0 Å². The van der Waals surface area contributed by atoms with Crippen molar-refractivity contribution in [3.63, 3.8) is 0 Å². The summed E-state index contributed by atoms with van der Waals surface area (Å²) in [6.07, 6.45) is 4.25. The molecule has 0 unspecified atom stereocenters. The fourth-order valence-corrected chi connectivity index (χ4v) is 4.13. The molecule has 1 saturated heterocycles. The number of hydrogen-bond acceptors (Lipinski definition) is 6. The molecule has 1 aromatic rings. The minimum atomic E-state index is 0. The second-order valence-corrected chi connectivity index (χ2v) is 7.97. The Morgan fingerprint density at radius 3 is 2.30 bits per heavy atom. The normalized spacial score (nSPS) is 17.2. The Hall–Kier alpha value is -1.72. The molecule has 9 heteroatoms. The van der Waals surface area contributed by atoms with Gasteiger partial charge in [-0.05, 0) is 37.5 Å². The van der Waals surface area contributed by atoms with Crippen LogP contribution in [0.15, 0.2) is 28.8 Å². The van der Waals surface area contributed by atoms with Crippen molar-refractivity contribution in [1.29, 1.82) is 0 Å². The SMILES string of the molecule is CCNC(=NCCC1=CCOCC1)N1CCN(Cc2cc(OC)c(OC)c(OC)c2)CC1.I. The van der Waals surface area contributed by atoms with Gasteiger partial charge in [0.15, 0.2) is 17.5 Å². The summed E-state index contributed by atoms with van der Waals surface area (Å²) in [4.78, 5) is 9.71. The van der Waals surface area contributed by atoms with Crippen molar-refractivity contribution in [2.24, 2.45) is 4.99 Å². The number of aliphatic imine (C=N–C) groups is 1. The topological polar surface area (TPSA) is 67.8 Å². The van der Waals surface area contributed by atoms with Crippen molar-refractivity contribution in [1.82, 2.24) is 15.1 Å². The lowest BCUT2D eigenvalue weighted by Gasteiger charge is -2.36. The number of benzene rings is 1. The van der Waals surface area contributed by atoms with Crippen LogP contribution < -0.4 is 19.5 Å². The number of nitrogens with one attached hydrogen (secondary N) is 1. The minimum Gasteiger partial charge on any atom is -0.493 e. The van der Waals surface area contributed by atoms with Gasteiger partial charge in [0, 0.05) is 45.8 Å². The van der Waals surface area contributed by atoms with Gasteiger partial charge in [-0.15, -0.1) is 24.0 Å². The van der Waals surface area contributed by atoms with Crippen LogP contribution in [0.2, 0.25) is 0 Å². The molecule has 0 bridgehead atoms. The van der Waals surface area contributed by atoms with Gasteiger partial charge in [-0.3, -0.25) is 9.89 Å². The molecule has 8 nitrogen and oxygen atoms in total. The zero-order valence-electron chi connectivity index (χ0n) is 20.4. The van der Waals surface area contributed by atoms with Crippen LogP contribution in [-0.4, -0.2) is 89.6 Å². The third-order valence-electron chi connectivity index (χ3n) is 5.89. The molecular formula is C24H39IN4O4. The highest BCUT2D eigenvalue weighted by Gasteiger charge is 2.21. The first kappa shape index (κ1) is 27.5. The van der Waals surface area contributed by atoms with E-state index in [0.29, 0.717) is 17.2 Å². The van der Waals surface area contributed by atoms with Crippen molar-refractivity contribution in [3.8, 4) is 17.2 Å². The van der Waals surface area contributed by atoms with E-state index in [1.165, 1.54) is 5.57 Å². The van der Waals surface area contributed by atoms with E-state index in [4.69, 9.17) is 23.9 Å². The Bertz CT molecular complexity index is 770. The van der Waals surface area contributed by atoms with Crippen LogP contribution in [0.25, 0.3) is 0 Å². The van der Waals surface area contributed by atoms with Gasteiger partial charge in [-0.25, -0.2) is 0 Å². The summed E-state index contributed by atoms with van der Waals surface area (Å²) in [5, 5.41) is 3.46. The lowest BCUT2D eigenvalue weighted by Crippen LogP contribution is -2.52.